The zero-order chi connectivity index (χ0) is 16.8. The second-order valence-corrected chi connectivity index (χ2v) is 7.13. The number of fused-ring (bicyclic) bond motifs is 3. The van der Waals surface area contributed by atoms with Crippen molar-refractivity contribution in [1.82, 2.24) is 14.6 Å². The van der Waals surface area contributed by atoms with E-state index in [1.807, 2.05) is 35.0 Å². The smallest absolute Gasteiger partial charge is 0.162 e. The number of hydrogen-bond donors (Lipinski definition) is 0. The molecule has 0 spiro atoms. The summed E-state index contributed by atoms with van der Waals surface area (Å²) in [5.41, 5.74) is 2.88. The first kappa shape index (κ1) is 14.8. The van der Waals surface area contributed by atoms with E-state index in [9.17, 15) is 0 Å². The van der Waals surface area contributed by atoms with Gasteiger partial charge >= 0.3 is 0 Å². The van der Waals surface area contributed by atoms with E-state index in [0.717, 1.165) is 34.3 Å². The van der Waals surface area contributed by atoms with Crippen LogP contribution < -0.4 is 9.47 Å². The number of methoxy groups -OCH3 is 1. The molecule has 2 heterocycles. The van der Waals surface area contributed by atoms with Crippen LogP contribution in [0.2, 0.25) is 0 Å². The molecule has 0 aliphatic heterocycles. The first-order valence-electron chi connectivity index (χ1n) is 8.95. The van der Waals surface area contributed by atoms with E-state index < -0.39 is 0 Å². The lowest BCUT2D eigenvalue weighted by atomic mass is 9.97. The van der Waals surface area contributed by atoms with Crippen molar-refractivity contribution < 1.29 is 9.47 Å². The van der Waals surface area contributed by atoms with Gasteiger partial charge in [-0.2, -0.15) is 5.10 Å². The second-order valence-electron chi connectivity index (χ2n) is 7.13. The number of nitrogens with zero attached hydrogens (tertiary/aromatic N) is 3. The van der Waals surface area contributed by atoms with Gasteiger partial charge in [0.1, 0.15) is 6.10 Å². The largest absolute Gasteiger partial charge is 0.493 e. The number of benzene rings is 1. The average Bonchev–Trinajstić information content (AvgIpc) is 3.37. The number of ether oxygens (including phenoxy) is 2. The Bertz CT molecular complexity index is 920. The maximum absolute atomic E-state index is 6.42. The SMILES string of the molecule is COc1ccc(-c2ccnc3ccnn23)cc1OC1CC2CCC1C2. The molecule has 0 radical (unpaired) electrons. The first-order valence-corrected chi connectivity index (χ1v) is 8.95. The fourth-order valence-corrected chi connectivity index (χ4v) is 4.48. The van der Waals surface area contributed by atoms with Gasteiger partial charge in [0.25, 0.3) is 0 Å². The summed E-state index contributed by atoms with van der Waals surface area (Å²) in [6.07, 6.45) is 9.08. The van der Waals surface area contributed by atoms with Crippen molar-refractivity contribution in [3.8, 4) is 22.8 Å². The van der Waals surface area contributed by atoms with E-state index in [0.29, 0.717) is 12.0 Å². The predicted molar refractivity (Wildman–Crippen MR) is 94.8 cm³/mol. The first-order chi connectivity index (χ1) is 12.3. The van der Waals surface area contributed by atoms with Gasteiger partial charge in [-0.1, -0.05) is 0 Å². The fourth-order valence-electron chi connectivity index (χ4n) is 4.48. The summed E-state index contributed by atoms with van der Waals surface area (Å²) in [5, 5.41) is 4.38. The zero-order valence-corrected chi connectivity index (χ0v) is 14.3. The lowest BCUT2D eigenvalue weighted by Gasteiger charge is -2.24. The van der Waals surface area contributed by atoms with Crippen LogP contribution in [0.3, 0.4) is 0 Å². The van der Waals surface area contributed by atoms with Crippen LogP contribution in [0.5, 0.6) is 11.5 Å². The van der Waals surface area contributed by atoms with Gasteiger partial charge in [-0.15, -0.1) is 0 Å². The molecule has 2 saturated carbocycles. The average molecular weight is 335 g/mol. The number of hydrogen-bond acceptors (Lipinski definition) is 4. The molecule has 5 heteroatoms. The van der Waals surface area contributed by atoms with Crippen LogP contribution in [0, 0.1) is 11.8 Å². The molecule has 0 saturated heterocycles. The second kappa shape index (κ2) is 5.76. The summed E-state index contributed by atoms with van der Waals surface area (Å²) in [4.78, 5) is 4.34. The van der Waals surface area contributed by atoms with E-state index >= 15 is 0 Å². The Kier molecular flexibility index (Phi) is 3.40. The molecule has 1 aromatic carbocycles. The molecule has 0 amide bonds. The van der Waals surface area contributed by atoms with E-state index in [4.69, 9.17) is 9.47 Å². The molecule has 2 bridgehead atoms. The summed E-state index contributed by atoms with van der Waals surface area (Å²) in [5.74, 6) is 3.18. The van der Waals surface area contributed by atoms with E-state index in [1.54, 1.807) is 13.3 Å². The number of aromatic nitrogens is 3. The predicted octanol–water partition coefficient (Wildman–Crippen LogP) is 3.97. The third-order valence-electron chi connectivity index (χ3n) is 5.70. The summed E-state index contributed by atoms with van der Waals surface area (Å²) >= 11 is 0. The lowest BCUT2D eigenvalue weighted by molar-refractivity contribution is 0.133. The maximum Gasteiger partial charge on any atom is 0.162 e. The standard InChI is InChI=1S/C20H21N3O2/c1-24-17-5-4-14(16-6-8-21-20-7-9-22-23(16)20)12-19(17)25-18-11-13-2-3-15(18)10-13/h4-9,12-13,15,18H,2-3,10-11H2,1H3. The third-order valence-corrected chi connectivity index (χ3v) is 5.70. The minimum Gasteiger partial charge on any atom is -0.493 e. The molecule has 3 aromatic rings. The molecule has 5 rings (SSSR count). The van der Waals surface area contributed by atoms with Gasteiger partial charge in [-0.05, 0) is 61.8 Å². The van der Waals surface area contributed by atoms with Crippen molar-refractivity contribution in [2.45, 2.75) is 31.8 Å². The molecule has 2 fully saturated rings. The van der Waals surface area contributed by atoms with Crippen LogP contribution in [-0.4, -0.2) is 27.8 Å². The van der Waals surface area contributed by atoms with Crippen molar-refractivity contribution in [3.05, 3.63) is 42.7 Å². The molecule has 3 atom stereocenters. The lowest BCUT2D eigenvalue weighted by Crippen LogP contribution is -2.23. The highest BCUT2D eigenvalue weighted by molar-refractivity contribution is 5.66. The molecule has 2 aliphatic rings. The molecular weight excluding hydrogens is 314 g/mol. The fraction of sp³-hybridized carbons (Fsp3) is 0.400. The quantitative estimate of drug-likeness (QED) is 0.724. The van der Waals surface area contributed by atoms with Crippen LogP contribution in [-0.2, 0) is 0 Å². The van der Waals surface area contributed by atoms with Gasteiger partial charge in [0.2, 0.25) is 0 Å². The van der Waals surface area contributed by atoms with Crippen LogP contribution in [0.25, 0.3) is 16.9 Å². The highest BCUT2D eigenvalue weighted by Gasteiger charge is 2.41. The zero-order valence-electron chi connectivity index (χ0n) is 14.3. The molecule has 128 valence electrons. The third kappa shape index (κ3) is 2.46. The minimum absolute atomic E-state index is 0.324. The van der Waals surface area contributed by atoms with Gasteiger partial charge in [-0.25, -0.2) is 9.50 Å². The van der Waals surface area contributed by atoms with Crippen LogP contribution >= 0.6 is 0 Å². The molecule has 2 aromatic heterocycles. The van der Waals surface area contributed by atoms with E-state index in [-0.39, 0.29) is 0 Å². The topological polar surface area (TPSA) is 48.7 Å². The highest BCUT2D eigenvalue weighted by Crippen LogP contribution is 2.47. The molecule has 3 unspecified atom stereocenters. The molecule has 25 heavy (non-hydrogen) atoms. The Morgan fingerprint density at radius 2 is 2.00 bits per heavy atom. The van der Waals surface area contributed by atoms with Crippen LogP contribution in [0.15, 0.2) is 42.7 Å². The highest BCUT2D eigenvalue weighted by atomic mass is 16.5. The van der Waals surface area contributed by atoms with Crippen molar-refractivity contribution >= 4 is 5.65 Å². The summed E-state index contributed by atoms with van der Waals surface area (Å²) in [6, 6.07) is 9.97. The summed E-state index contributed by atoms with van der Waals surface area (Å²) in [7, 11) is 1.70. The monoisotopic (exact) mass is 335 g/mol. The Labute approximate surface area is 146 Å². The Morgan fingerprint density at radius 3 is 2.80 bits per heavy atom. The van der Waals surface area contributed by atoms with Gasteiger partial charge in [0.15, 0.2) is 17.1 Å². The molecule has 0 N–H and O–H groups in total. The van der Waals surface area contributed by atoms with Crippen molar-refractivity contribution in [2.75, 3.05) is 7.11 Å². The van der Waals surface area contributed by atoms with E-state index in [2.05, 4.69) is 16.1 Å². The van der Waals surface area contributed by atoms with Crippen molar-refractivity contribution in [2.24, 2.45) is 11.8 Å². The minimum atomic E-state index is 0.324. The van der Waals surface area contributed by atoms with Gasteiger partial charge in [0.05, 0.1) is 19.0 Å². The summed E-state index contributed by atoms with van der Waals surface area (Å²) in [6.45, 7) is 0. The number of rotatable bonds is 4. The molecule has 5 nitrogen and oxygen atoms in total. The van der Waals surface area contributed by atoms with Crippen LogP contribution in [0.1, 0.15) is 25.7 Å². The van der Waals surface area contributed by atoms with E-state index in [1.165, 1.54) is 25.7 Å². The summed E-state index contributed by atoms with van der Waals surface area (Å²) < 4.78 is 13.8. The Morgan fingerprint density at radius 1 is 1.04 bits per heavy atom. The van der Waals surface area contributed by atoms with Crippen LogP contribution in [0.4, 0.5) is 0 Å². The molecule has 2 aliphatic carbocycles. The van der Waals surface area contributed by atoms with Crippen molar-refractivity contribution in [1.29, 1.82) is 0 Å². The Balaban J connectivity index is 1.52. The van der Waals surface area contributed by atoms with Gasteiger partial charge < -0.3 is 9.47 Å². The molecular formula is C20H21N3O2. The van der Waals surface area contributed by atoms with Gasteiger partial charge in [0, 0.05) is 17.8 Å². The van der Waals surface area contributed by atoms with Gasteiger partial charge in [-0.3, -0.25) is 0 Å². The maximum atomic E-state index is 6.42. The van der Waals surface area contributed by atoms with Crippen molar-refractivity contribution in [3.63, 3.8) is 0 Å². The Hall–Kier alpha value is -2.56. The normalized spacial score (nSPS) is 24.8.